The molecule has 0 spiro atoms. The Hall–Kier alpha value is -0.420. The molecule has 0 aliphatic heterocycles. The van der Waals surface area contributed by atoms with E-state index in [1.54, 1.807) is 0 Å². The molecule has 1 heterocycles. The van der Waals surface area contributed by atoms with Gasteiger partial charge in [-0.1, -0.05) is 0 Å². The van der Waals surface area contributed by atoms with Crippen molar-refractivity contribution in [2.45, 2.75) is 58.9 Å². The maximum Gasteiger partial charge on any atom is 0.0785 e. The van der Waals surface area contributed by atoms with Crippen molar-refractivity contribution in [3.05, 3.63) is 21.4 Å². The highest BCUT2D eigenvalue weighted by molar-refractivity contribution is 7.12. The van der Waals surface area contributed by atoms with Gasteiger partial charge in [-0.3, -0.25) is 0 Å². The molecule has 1 N–H and O–H groups in total. The Morgan fingerprint density at radius 3 is 2.95 bits per heavy atom. The first kappa shape index (κ1) is 15.0. The van der Waals surface area contributed by atoms with Crippen LogP contribution in [-0.2, 0) is 22.6 Å². The molecule has 0 aromatic carbocycles. The van der Waals surface area contributed by atoms with Crippen molar-refractivity contribution in [3.8, 4) is 0 Å². The molecule has 0 bridgehead atoms. The number of aryl methyl sites for hydroxylation is 1. The lowest BCUT2D eigenvalue weighted by molar-refractivity contribution is -0.0117. The molecule has 1 aliphatic carbocycles. The summed E-state index contributed by atoms with van der Waals surface area (Å²) in [6.45, 7) is 9.38. The number of hydrogen-bond donors (Lipinski definition) is 1. The van der Waals surface area contributed by atoms with E-state index in [4.69, 9.17) is 9.47 Å². The van der Waals surface area contributed by atoms with E-state index in [9.17, 15) is 0 Å². The molecule has 1 unspecified atom stereocenters. The summed E-state index contributed by atoms with van der Waals surface area (Å²) in [6, 6.07) is 3.05. The zero-order valence-electron chi connectivity index (χ0n) is 12.2. The molecular weight excluding hydrogens is 258 g/mol. The lowest BCUT2D eigenvalue weighted by atomic mass is 10.2. The van der Waals surface area contributed by atoms with Gasteiger partial charge in [0.25, 0.3) is 0 Å². The first-order valence-electron chi connectivity index (χ1n) is 7.20. The van der Waals surface area contributed by atoms with Gasteiger partial charge in [-0.25, -0.2) is 0 Å². The first-order valence-corrected chi connectivity index (χ1v) is 8.01. The fourth-order valence-corrected chi connectivity index (χ4v) is 2.91. The fraction of sp³-hybridized carbons (Fsp3) is 0.733. The van der Waals surface area contributed by atoms with Crippen LogP contribution in [0.2, 0.25) is 0 Å². The summed E-state index contributed by atoms with van der Waals surface area (Å²) in [5.41, 5.74) is 1.32. The number of rotatable bonds is 9. The highest BCUT2D eigenvalue weighted by Gasteiger charge is 2.20. The van der Waals surface area contributed by atoms with Gasteiger partial charge in [-0.15, -0.1) is 11.3 Å². The van der Waals surface area contributed by atoms with E-state index in [-0.39, 0.29) is 6.10 Å². The molecule has 0 amide bonds. The van der Waals surface area contributed by atoms with Crippen LogP contribution in [0, 0.1) is 6.92 Å². The SMILES string of the molecule is CCOCC(C)OCc1cc(CNC2CC2)sc1C. The van der Waals surface area contributed by atoms with Gasteiger partial charge in [0.05, 0.1) is 19.3 Å². The Kier molecular flexibility index (Phi) is 5.82. The van der Waals surface area contributed by atoms with Crippen molar-refractivity contribution >= 4 is 11.3 Å². The van der Waals surface area contributed by atoms with Gasteiger partial charge in [-0.2, -0.15) is 0 Å². The molecular formula is C15H25NO2S. The van der Waals surface area contributed by atoms with E-state index in [1.807, 2.05) is 18.3 Å². The average Bonchev–Trinajstić information content (AvgIpc) is 3.16. The summed E-state index contributed by atoms with van der Waals surface area (Å²) in [6.07, 6.45) is 2.84. The van der Waals surface area contributed by atoms with Gasteiger partial charge >= 0.3 is 0 Å². The van der Waals surface area contributed by atoms with Gasteiger partial charge in [0, 0.05) is 28.9 Å². The predicted molar refractivity (Wildman–Crippen MR) is 79.7 cm³/mol. The zero-order valence-corrected chi connectivity index (χ0v) is 13.0. The van der Waals surface area contributed by atoms with Crippen LogP contribution in [0.15, 0.2) is 6.07 Å². The lowest BCUT2D eigenvalue weighted by Gasteiger charge is -2.12. The first-order chi connectivity index (χ1) is 9.19. The van der Waals surface area contributed by atoms with Crippen molar-refractivity contribution in [1.82, 2.24) is 5.32 Å². The molecule has 0 radical (unpaired) electrons. The van der Waals surface area contributed by atoms with Gasteiger partial charge in [0.1, 0.15) is 0 Å². The number of nitrogens with one attached hydrogen (secondary N) is 1. The average molecular weight is 283 g/mol. The van der Waals surface area contributed by atoms with E-state index >= 15 is 0 Å². The fourth-order valence-electron chi connectivity index (χ4n) is 1.91. The van der Waals surface area contributed by atoms with Crippen molar-refractivity contribution in [2.75, 3.05) is 13.2 Å². The predicted octanol–water partition coefficient (Wildman–Crippen LogP) is 3.25. The molecule has 3 nitrogen and oxygen atoms in total. The summed E-state index contributed by atoms with van der Waals surface area (Å²) < 4.78 is 11.2. The van der Waals surface area contributed by atoms with Crippen LogP contribution in [0.25, 0.3) is 0 Å². The highest BCUT2D eigenvalue weighted by Crippen LogP contribution is 2.25. The van der Waals surface area contributed by atoms with Gasteiger partial charge < -0.3 is 14.8 Å². The molecule has 1 atom stereocenters. The second kappa shape index (κ2) is 7.39. The molecule has 4 heteroatoms. The van der Waals surface area contributed by atoms with Crippen molar-refractivity contribution in [1.29, 1.82) is 0 Å². The van der Waals surface area contributed by atoms with Gasteiger partial charge in [0.15, 0.2) is 0 Å². The standard InChI is InChI=1S/C15H25NO2S/c1-4-17-9-11(2)18-10-13-7-15(19-12(13)3)8-16-14-5-6-14/h7,11,14,16H,4-6,8-10H2,1-3H3. The van der Waals surface area contributed by atoms with Crippen molar-refractivity contribution in [2.24, 2.45) is 0 Å². The lowest BCUT2D eigenvalue weighted by Crippen LogP contribution is -2.16. The molecule has 19 heavy (non-hydrogen) atoms. The van der Waals surface area contributed by atoms with Crippen LogP contribution < -0.4 is 5.32 Å². The molecule has 1 saturated carbocycles. The highest BCUT2D eigenvalue weighted by atomic mass is 32.1. The second-order valence-corrected chi connectivity index (χ2v) is 6.57. The Morgan fingerprint density at radius 2 is 2.26 bits per heavy atom. The zero-order chi connectivity index (χ0) is 13.7. The topological polar surface area (TPSA) is 30.5 Å². The minimum Gasteiger partial charge on any atom is -0.379 e. The van der Waals surface area contributed by atoms with E-state index in [2.05, 4.69) is 25.2 Å². The number of thiophene rings is 1. The monoisotopic (exact) mass is 283 g/mol. The van der Waals surface area contributed by atoms with E-state index in [0.717, 1.165) is 19.2 Å². The molecule has 1 aromatic rings. The van der Waals surface area contributed by atoms with Crippen LogP contribution >= 0.6 is 11.3 Å². The minimum absolute atomic E-state index is 0.160. The molecule has 1 fully saturated rings. The summed E-state index contributed by atoms with van der Waals surface area (Å²) in [4.78, 5) is 2.79. The van der Waals surface area contributed by atoms with Crippen LogP contribution in [-0.4, -0.2) is 25.4 Å². The number of ether oxygens (including phenoxy) is 2. The summed E-state index contributed by atoms with van der Waals surface area (Å²) in [5.74, 6) is 0. The summed E-state index contributed by atoms with van der Waals surface area (Å²) >= 11 is 1.88. The summed E-state index contributed by atoms with van der Waals surface area (Å²) in [7, 11) is 0. The van der Waals surface area contributed by atoms with Gasteiger partial charge in [0.2, 0.25) is 0 Å². The minimum atomic E-state index is 0.160. The normalized spacial score (nSPS) is 16.8. The van der Waals surface area contributed by atoms with Crippen LogP contribution in [0.3, 0.4) is 0 Å². The van der Waals surface area contributed by atoms with Crippen molar-refractivity contribution < 1.29 is 9.47 Å². The van der Waals surface area contributed by atoms with E-state index in [0.29, 0.717) is 13.2 Å². The van der Waals surface area contributed by atoms with Crippen molar-refractivity contribution in [3.63, 3.8) is 0 Å². The molecule has 108 valence electrons. The smallest absolute Gasteiger partial charge is 0.0785 e. The molecule has 1 aromatic heterocycles. The Morgan fingerprint density at radius 1 is 1.47 bits per heavy atom. The maximum atomic E-state index is 5.82. The molecule has 2 rings (SSSR count). The Balaban J connectivity index is 1.75. The molecule has 0 saturated heterocycles. The van der Waals surface area contributed by atoms with E-state index < -0.39 is 0 Å². The Labute approximate surface area is 120 Å². The third-order valence-electron chi connectivity index (χ3n) is 3.29. The largest absolute Gasteiger partial charge is 0.379 e. The van der Waals surface area contributed by atoms with Gasteiger partial charge in [-0.05, 0) is 45.2 Å². The number of hydrogen-bond acceptors (Lipinski definition) is 4. The molecule has 1 aliphatic rings. The van der Waals surface area contributed by atoms with E-state index in [1.165, 1.54) is 28.2 Å². The maximum absolute atomic E-state index is 5.82. The third-order valence-corrected chi connectivity index (χ3v) is 4.39. The second-order valence-electron chi connectivity index (χ2n) is 5.23. The summed E-state index contributed by atoms with van der Waals surface area (Å²) in [5, 5.41) is 3.56. The third kappa shape index (κ3) is 5.22. The quantitative estimate of drug-likeness (QED) is 0.754. The Bertz CT molecular complexity index is 387. The van der Waals surface area contributed by atoms with Crippen LogP contribution in [0.1, 0.15) is 42.0 Å². The van der Waals surface area contributed by atoms with Crippen LogP contribution in [0.4, 0.5) is 0 Å². The van der Waals surface area contributed by atoms with Crippen LogP contribution in [0.5, 0.6) is 0 Å².